The molecule has 9 heteroatoms. The quantitative estimate of drug-likeness (QED) is 0.532. The first-order valence-electron chi connectivity index (χ1n) is 14.0. The van der Waals surface area contributed by atoms with Crippen LogP contribution in [0.5, 0.6) is 0 Å². The third-order valence-electron chi connectivity index (χ3n) is 8.15. The molecule has 3 aliphatic heterocycles. The lowest BCUT2D eigenvalue weighted by Gasteiger charge is -2.37. The number of nitrogens with one attached hydrogen (secondary N) is 1. The zero-order valence-electron chi connectivity index (χ0n) is 21.9. The second-order valence-corrected chi connectivity index (χ2v) is 10.8. The molecule has 6 rings (SSSR count). The van der Waals surface area contributed by atoms with Crippen molar-refractivity contribution in [3.63, 3.8) is 0 Å². The maximum Gasteiger partial charge on any atom is 0.225 e. The molecule has 3 aromatic heterocycles. The highest BCUT2D eigenvalue weighted by molar-refractivity contribution is 5.94. The number of likely N-dealkylation sites (tertiary alicyclic amines) is 1. The summed E-state index contributed by atoms with van der Waals surface area (Å²) in [5.74, 6) is 2.16. The van der Waals surface area contributed by atoms with Crippen molar-refractivity contribution >= 4 is 28.3 Å². The van der Waals surface area contributed by atoms with E-state index in [1.165, 1.54) is 0 Å². The number of aromatic nitrogens is 3. The summed E-state index contributed by atoms with van der Waals surface area (Å²) in [4.78, 5) is 31.6. The van der Waals surface area contributed by atoms with Crippen molar-refractivity contribution in [2.75, 3.05) is 49.6 Å². The van der Waals surface area contributed by atoms with Crippen LogP contribution in [0.3, 0.4) is 0 Å². The second-order valence-electron chi connectivity index (χ2n) is 10.8. The third kappa shape index (κ3) is 5.44. The molecule has 38 heavy (non-hydrogen) atoms. The molecule has 200 valence electrons. The van der Waals surface area contributed by atoms with E-state index < -0.39 is 0 Å². The Bertz CT molecular complexity index is 1270. The van der Waals surface area contributed by atoms with Crippen LogP contribution in [0.2, 0.25) is 0 Å². The topological polar surface area (TPSA) is 110 Å². The Hall–Kier alpha value is -3.30. The van der Waals surface area contributed by atoms with Crippen molar-refractivity contribution in [1.29, 1.82) is 0 Å². The van der Waals surface area contributed by atoms with E-state index in [4.69, 9.17) is 15.5 Å². The van der Waals surface area contributed by atoms with Crippen molar-refractivity contribution in [2.24, 2.45) is 11.7 Å². The molecule has 0 aromatic carbocycles. The van der Waals surface area contributed by atoms with Gasteiger partial charge >= 0.3 is 0 Å². The molecule has 0 spiro atoms. The standard InChI is InChI=1S/C29H37N7O2/c30-23-2-1-11-36(19-23)29(37)20-5-12-35(13-6-20)28-25-4-9-31-18-22(25)16-26(34-28)21-3-10-32-27(17-21)33-24-7-14-38-15-8-24/h3-4,9-10,16-18,20,23-24H,1-2,5-8,11-15,19,30H2,(H,32,33)/t23-/m0/s1. The Kier molecular flexibility index (Phi) is 7.38. The largest absolute Gasteiger partial charge is 0.381 e. The van der Waals surface area contributed by atoms with Crippen molar-refractivity contribution in [3.05, 3.63) is 42.9 Å². The Morgan fingerprint density at radius 1 is 1.03 bits per heavy atom. The summed E-state index contributed by atoms with van der Waals surface area (Å²) in [5.41, 5.74) is 8.06. The van der Waals surface area contributed by atoms with Crippen LogP contribution in [0.4, 0.5) is 11.6 Å². The van der Waals surface area contributed by atoms with Gasteiger partial charge in [0.15, 0.2) is 0 Å². The maximum absolute atomic E-state index is 13.2. The molecule has 0 saturated carbocycles. The molecular formula is C29H37N7O2. The number of hydrogen-bond acceptors (Lipinski definition) is 8. The summed E-state index contributed by atoms with van der Waals surface area (Å²) in [6.07, 6.45) is 11.2. The zero-order chi connectivity index (χ0) is 25.9. The molecule has 0 radical (unpaired) electrons. The van der Waals surface area contributed by atoms with E-state index in [-0.39, 0.29) is 17.9 Å². The van der Waals surface area contributed by atoms with E-state index in [0.29, 0.717) is 12.6 Å². The number of carbonyl (C=O) groups excluding carboxylic acids is 1. The fraction of sp³-hybridized carbons (Fsp3) is 0.517. The molecule has 3 aromatic rings. The number of ether oxygens (including phenoxy) is 1. The van der Waals surface area contributed by atoms with Gasteiger partial charge in [-0.05, 0) is 62.8 Å². The first-order chi connectivity index (χ1) is 18.6. The van der Waals surface area contributed by atoms with Crippen LogP contribution < -0.4 is 16.0 Å². The van der Waals surface area contributed by atoms with Gasteiger partial charge in [0.1, 0.15) is 11.6 Å². The van der Waals surface area contributed by atoms with Gasteiger partial charge < -0.3 is 25.6 Å². The average Bonchev–Trinajstić information content (AvgIpc) is 2.97. The van der Waals surface area contributed by atoms with Gasteiger partial charge in [0.2, 0.25) is 5.91 Å². The predicted molar refractivity (Wildman–Crippen MR) is 149 cm³/mol. The van der Waals surface area contributed by atoms with Crippen LogP contribution in [0.25, 0.3) is 22.0 Å². The summed E-state index contributed by atoms with van der Waals surface area (Å²) in [6.45, 7) is 4.71. The first kappa shape index (κ1) is 25.0. The molecule has 9 nitrogen and oxygen atoms in total. The summed E-state index contributed by atoms with van der Waals surface area (Å²) in [7, 11) is 0. The fourth-order valence-electron chi connectivity index (χ4n) is 5.99. The number of anilines is 2. The molecule has 3 saturated heterocycles. The van der Waals surface area contributed by atoms with E-state index in [1.807, 2.05) is 35.6 Å². The van der Waals surface area contributed by atoms with Gasteiger partial charge in [0.05, 0.1) is 5.69 Å². The summed E-state index contributed by atoms with van der Waals surface area (Å²) < 4.78 is 5.49. The second kappa shape index (κ2) is 11.2. The Balaban J connectivity index is 1.22. The molecule has 3 fully saturated rings. The minimum atomic E-state index is 0.0617. The van der Waals surface area contributed by atoms with Crippen LogP contribution in [-0.2, 0) is 9.53 Å². The summed E-state index contributed by atoms with van der Waals surface area (Å²) in [6, 6.07) is 8.73. The predicted octanol–water partition coefficient (Wildman–Crippen LogP) is 3.45. The van der Waals surface area contributed by atoms with E-state index in [0.717, 1.165) is 105 Å². The van der Waals surface area contributed by atoms with Crippen molar-refractivity contribution in [1.82, 2.24) is 19.9 Å². The average molecular weight is 516 g/mol. The fourth-order valence-corrected chi connectivity index (χ4v) is 5.99. The molecule has 0 unspecified atom stereocenters. The van der Waals surface area contributed by atoms with Gasteiger partial charge in [-0.15, -0.1) is 0 Å². The highest BCUT2D eigenvalue weighted by atomic mass is 16.5. The number of nitrogens with two attached hydrogens (primary N) is 1. The SMILES string of the molecule is N[C@H]1CCCN(C(=O)C2CCN(c3nc(-c4ccnc(NC5CCOCC5)c4)cc4cnccc34)CC2)C1. The normalized spacial score (nSPS) is 21.6. The van der Waals surface area contributed by atoms with Gasteiger partial charge in [-0.1, -0.05) is 0 Å². The van der Waals surface area contributed by atoms with Gasteiger partial charge in [0.25, 0.3) is 0 Å². The zero-order valence-corrected chi connectivity index (χ0v) is 21.9. The third-order valence-corrected chi connectivity index (χ3v) is 8.15. The lowest BCUT2D eigenvalue weighted by atomic mass is 9.93. The smallest absolute Gasteiger partial charge is 0.225 e. The molecule has 6 heterocycles. The Morgan fingerprint density at radius 2 is 1.87 bits per heavy atom. The van der Waals surface area contributed by atoms with Gasteiger partial charge in [-0.3, -0.25) is 9.78 Å². The maximum atomic E-state index is 13.2. The van der Waals surface area contributed by atoms with E-state index >= 15 is 0 Å². The highest BCUT2D eigenvalue weighted by Gasteiger charge is 2.31. The number of carbonyl (C=O) groups is 1. The van der Waals surface area contributed by atoms with E-state index in [9.17, 15) is 4.79 Å². The number of nitrogens with zero attached hydrogens (tertiary/aromatic N) is 5. The van der Waals surface area contributed by atoms with Crippen LogP contribution in [0.1, 0.15) is 38.5 Å². The van der Waals surface area contributed by atoms with Crippen LogP contribution >= 0.6 is 0 Å². The molecule has 0 bridgehead atoms. The lowest BCUT2D eigenvalue weighted by Crippen LogP contribution is -2.49. The van der Waals surface area contributed by atoms with Crippen molar-refractivity contribution in [3.8, 4) is 11.3 Å². The molecule has 0 aliphatic carbocycles. The monoisotopic (exact) mass is 515 g/mol. The first-order valence-corrected chi connectivity index (χ1v) is 14.0. The number of pyridine rings is 3. The van der Waals surface area contributed by atoms with Crippen LogP contribution in [0.15, 0.2) is 42.9 Å². The highest BCUT2D eigenvalue weighted by Crippen LogP contribution is 2.33. The van der Waals surface area contributed by atoms with Gasteiger partial charge in [-0.2, -0.15) is 0 Å². The Labute approximate surface area is 223 Å². The molecule has 1 atom stereocenters. The number of hydrogen-bond donors (Lipinski definition) is 2. The van der Waals surface area contributed by atoms with E-state index in [1.54, 1.807) is 0 Å². The molecule has 3 aliphatic rings. The number of amides is 1. The number of fused-ring (bicyclic) bond motifs is 1. The van der Waals surface area contributed by atoms with Crippen molar-refractivity contribution in [2.45, 2.75) is 50.6 Å². The lowest BCUT2D eigenvalue weighted by molar-refractivity contribution is -0.137. The molecule has 3 N–H and O–H groups in total. The Morgan fingerprint density at radius 3 is 2.68 bits per heavy atom. The van der Waals surface area contributed by atoms with Crippen molar-refractivity contribution < 1.29 is 9.53 Å². The van der Waals surface area contributed by atoms with Crippen LogP contribution in [-0.4, -0.2) is 77.2 Å². The van der Waals surface area contributed by atoms with Gasteiger partial charge in [-0.25, -0.2) is 9.97 Å². The summed E-state index contributed by atoms with van der Waals surface area (Å²) in [5, 5.41) is 5.71. The van der Waals surface area contributed by atoms with Crippen LogP contribution in [0, 0.1) is 5.92 Å². The minimum absolute atomic E-state index is 0.0617. The number of piperidine rings is 2. The van der Waals surface area contributed by atoms with Gasteiger partial charge in [0, 0.05) is 92.3 Å². The summed E-state index contributed by atoms with van der Waals surface area (Å²) >= 11 is 0. The minimum Gasteiger partial charge on any atom is -0.381 e. The van der Waals surface area contributed by atoms with E-state index in [2.05, 4.69) is 32.3 Å². The number of rotatable bonds is 5. The molecular weight excluding hydrogens is 478 g/mol. The molecule has 1 amide bonds.